The zero-order valence-corrected chi connectivity index (χ0v) is 14.0. The number of esters is 1. The molecule has 0 radical (unpaired) electrons. The van der Waals surface area contributed by atoms with Gasteiger partial charge in [-0.25, -0.2) is 4.98 Å². The van der Waals surface area contributed by atoms with E-state index in [4.69, 9.17) is 16.3 Å². The van der Waals surface area contributed by atoms with Crippen LogP contribution in [-0.2, 0) is 16.0 Å². The van der Waals surface area contributed by atoms with E-state index in [9.17, 15) is 4.79 Å². The molecule has 122 valence electrons. The molecule has 2 heterocycles. The highest BCUT2D eigenvalue weighted by molar-refractivity contribution is 6.32. The second kappa shape index (κ2) is 6.80. The molecule has 0 aliphatic rings. The Labute approximate surface area is 143 Å². The SMILES string of the molecule is COC(=O)Cc1nc2cccc(C)n2c1N=Nc1ccccc1Cl. The number of hydrogen-bond donors (Lipinski definition) is 0. The number of carbonyl (C=O) groups is 1. The van der Waals surface area contributed by atoms with Crippen LogP contribution in [0.3, 0.4) is 0 Å². The Morgan fingerprint density at radius 1 is 1.21 bits per heavy atom. The van der Waals surface area contributed by atoms with Crippen LogP contribution in [0.25, 0.3) is 5.65 Å². The Kier molecular flexibility index (Phi) is 4.57. The number of halogens is 1. The van der Waals surface area contributed by atoms with E-state index in [1.54, 1.807) is 12.1 Å². The number of aromatic nitrogens is 2. The first-order valence-electron chi connectivity index (χ1n) is 7.30. The van der Waals surface area contributed by atoms with Gasteiger partial charge in [0.25, 0.3) is 0 Å². The van der Waals surface area contributed by atoms with E-state index >= 15 is 0 Å². The molecule has 0 N–H and O–H groups in total. The van der Waals surface area contributed by atoms with Crippen LogP contribution < -0.4 is 0 Å². The molecular weight excluding hydrogens is 328 g/mol. The van der Waals surface area contributed by atoms with Crippen molar-refractivity contribution in [2.45, 2.75) is 13.3 Å². The van der Waals surface area contributed by atoms with E-state index in [1.807, 2.05) is 41.7 Å². The molecule has 0 spiro atoms. The summed E-state index contributed by atoms with van der Waals surface area (Å²) in [5.41, 5.74) is 2.69. The third-order valence-electron chi connectivity index (χ3n) is 3.53. The fraction of sp³-hybridized carbons (Fsp3) is 0.176. The van der Waals surface area contributed by atoms with E-state index in [1.165, 1.54) is 7.11 Å². The summed E-state index contributed by atoms with van der Waals surface area (Å²) < 4.78 is 6.58. The van der Waals surface area contributed by atoms with Crippen molar-refractivity contribution in [1.29, 1.82) is 0 Å². The lowest BCUT2D eigenvalue weighted by Gasteiger charge is -2.02. The number of azo groups is 1. The fourth-order valence-electron chi connectivity index (χ4n) is 2.35. The molecule has 0 unspecified atom stereocenters. The smallest absolute Gasteiger partial charge is 0.311 e. The molecule has 2 aromatic heterocycles. The maximum Gasteiger partial charge on any atom is 0.311 e. The number of nitrogens with zero attached hydrogens (tertiary/aromatic N) is 4. The highest BCUT2D eigenvalue weighted by atomic mass is 35.5. The summed E-state index contributed by atoms with van der Waals surface area (Å²) in [6.07, 6.45) is 0.0223. The topological polar surface area (TPSA) is 68.3 Å². The first-order valence-corrected chi connectivity index (χ1v) is 7.68. The third-order valence-corrected chi connectivity index (χ3v) is 3.85. The molecule has 0 fully saturated rings. The number of imidazole rings is 1. The van der Waals surface area contributed by atoms with Crippen LogP contribution in [0, 0.1) is 6.92 Å². The molecule has 3 rings (SSSR count). The summed E-state index contributed by atoms with van der Waals surface area (Å²) in [6, 6.07) is 12.8. The minimum absolute atomic E-state index is 0.0223. The molecule has 0 amide bonds. The van der Waals surface area contributed by atoms with E-state index in [0.717, 1.165) is 5.69 Å². The number of fused-ring (bicyclic) bond motifs is 1. The second-order valence-corrected chi connectivity index (χ2v) is 5.55. The van der Waals surface area contributed by atoms with Crippen molar-refractivity contribution in [3.63, 3.8) is 0 Å². The van der Waals surface area contributed by atoms with Gasteiger partial charge in [-0.15, -0.1) is 10.2 Å². The fourth-order valence-corrected chi connectivity index (χ4v) is 2.52. The predicted molar refractivity (Wildman–Crippen MR) is 91.3 cm³/mol. The normalized spacial score (nSPS) is 11.3. The van der Waals surface area contributed by atoms with Crippen LogP contribution in [-0.4, -0.2) is 22.5 Å². The van der Waals surface area contributed by atoms with Crippen LogP contribution >= 0.6 is 11.6 Å². The van der Waals surface area contributed by atoms with E-state index in [0.29, 0.717) is 27.9 Å². The van der Waals surface area contributed by atoms with Gasteiger partial charge in [0, 0.05) is 5.69 Å². The molecule has 0 aliphatic carbocycles. The van der Waals surface area contributed by atoms with Gasteiger partial charge in [-0.2, -0.15) is 0 Å². The Morgan fingerprint density at radius 3 is 2.75 bits per heavy atom. The lowest BCUT2D eigenvalue weighted by molar-refractivity contribution is -0.139. The Bertz CT molecular complexity index is 933. The van der Waals surface area contributed by atoms with Gasteiger partial charge in [-0.1, -0.05) is 29.8 Å². The highest BCUT2D eigenvalue weighted by Gasteiger charge is 2.17. The maximum atomic E-state index is 11.7. The maximum absolute atomic E-state index is 11.7. The summed E-state index contributed by atoms with van der Waals surface area (Å²) >= 11 is 6.11. The average Bonchev–Trinajstić information content (AvgIpc) is 2.92. The molecule has 0 saturated heterocycles. The minimum Gasteiger partial charge on any atom is -0.469 e. The molecule has 0 saturated carbocycles. The average molecular weight is 343 g/mol. The van der Waals surface area contributed by atoms with Gasteiger partial charge in [0.05, 0.1) is 24.2 Å². The number of benzene rings is 1. The molecule has 24 heavy (non-hydrogen) atoms. The molecule has 1 aromatic carbocycles. The number of carbonyl (C=O) groups excluding carboxylic acids is 1. The number of methoxy groups -OCH3 is 1. The van der Waals surface area contributed by atoms with Gasteiger partial charge in [0.2, 0.25) is 0 Å². The third kappa shape index (κ3) is 3.14. The monoisotopic (exact) mass is 342 g/mol. The number of hydrogen-bond acceptors (Lipinski definition) is 5. The van der Waals surface area contributed by atoms with Crippen LogP contribution in [0.5, 0.6) is 0 Å². The highest BCUT2D eigenvalue weighted by Crippen LogP contribution is 2.29. The summed E-state index contributed by atoms with van der Waals surface area (Å²) in [7, 11) is 1.34. The summed E-state index contributed by atoms with van der Waals surface area (Å²) in [5.74, 6) is 0.110. The van der Waals surface area contributed by atoms with Crippen molar-refractivity contribution < 1.29 is 9.53 Å². The van der Waals surface area contributed by atoms with Gasteiger partial charge < -0.3 is 4.74 Å². The lowest BCUT2D eigenvalue weighted by Crippen LogP contribution is -2.04. The first-order chi connectivity index (χ1) is 11.6. The van der Waals surface area contributed by atoms with Crippen LogP contribution in [0.15, 0.2) is 52.7 Å². The molecule has 0 aliphatic heterocycles. The second-order valence-electron chi connectivity index (χ2n) is 5.15. The molecule has 0 bridgehead atoms. The Morgan fingerprint density at radius 2 is 2.00 bits per heavy atom. The zero-order valence-electron chi connectivity index (χ0n) is 13.2. The van der Waals surface area contributed by atoms with E-state index in [-0.39, 0.29) is 12.4 Å². The van der Waals surface area contributed by atoms with Crippen molar-refractivity contribution >= 4 is 34.7 Å². The van der Waals surface area contributed by atoms with Gasteiger partial charge >= 0.3 is 5.97 Å². The standard InChI is InChI=1S/C17H15ClN4O2/c1-11-6-5-9-15-19-14(10-16(23)24-2)17(22(11)15)21-20-13-8-4-3-7-12(13)18/h3-9H,10H2,1-2H3. The van der Waals surface area contributed by atoms with Gasteiger partial charge in [-0.05, 0) is 31.2 Å². The number of aryl methyl sites for hydroxylation is 1. The van der Waals surface area contributed by atoms with Crippen LogP contribution in [0.4, 0.5) is 11.5 Å². The van der Waals surface area contributed by atoms with Gasteiger partial charge in [0.15, 0.2) is 5.82 Å². The summed E-state index contributed by atoms with van der Waals surface area (Å²) in [5, 5.41) is 9.02. The van der Waals surface area contributed by atoms with Crippen LogP contribution in [0.2, 0.25) is 5.02 Å². The number of pyridine rings is 1. The lowest BCUT2D eigenvalue weighted by atomic mass is 10.3. The van der Waals surface area contributed by atoms with E-state index in [2.05, 4.69) is 15.2 Å². The summed E-state index contributed by atoms with van der Waals surface area (Å²) in [6.45, 7) is 1.94. The Hall–Kier alpha value is -2.73. The minimum atomic E-state index is -0.384. The summed E-state index contributed by atoms with van der Waals surface area (Å²) in [4.78, 5) is 16.1. The number of ether oxygens (including phenoxy) is 1. The quantitative estimate of drug-likeness (QED) is 0.520. The molecule has 3 aromatic rings. The first kappa shape index (κ1) is 16.1. The van der Waals surface area contributed by atoms with Crippen LogP contribution in [0.1, 0.15) is 11.4 Å². The van der Waals surface area contributed by atoms with Crippen molar-refractivity contribution in [1.82, 2.24) is 9.38 Å². The molecular formula is C17H15ClN4O2. The number of rotatable bonds is 4. The predicted octanol–water partition coefficient (Wildman–Crippen LogP) is 4.43. The van der Waals surface area contributed by atoms with Gasteiger partial charge in [0.1, 0.15) is 11.3 Å². The van der Waals surface area contributed by atoms with Crippen molar-refractivity contribution in [2.75, 3.05) is 7.11 Å². The van der Waals surface area contributed by atoms with Crippen molar-refractivity contribution in [3.8, 4) is 0 Å². The van der Waals surface area contributed by atoms with Crippen molar-refractivity contribution in [2.24, 2.45) is 10.2 Å². The largest absolute Gasteiger partial charge is 0.469 e. The Balaban J connectivity index is 2.12. The zero-order chi connectivity index (χ0) is 17.1. The van der Waals surface area contributed by atoms with E-state index < -0.39 is 0 Å². The molecule has 6 nitrogen and oxygen atoms in total. The van der Waals surface area contributed by atoms with Crippen molar-refractivity contribution in [3.05, 3.63) is 58.9 Å². The molecule has 0 atom stereocenters. The van der Waals surface area contributed by atoms with Gasteiger partial charge in [-0.3, -0.25) is 9.20 Å². The molecule has 7 heteroatoms.